The third kappa shape index (κ3) is 2.54. The summed E-state index contributed by atoms with van der Waals surface area (Å²) >= 11 is 0. The van der Waals surface area contributed by atoms with Crippen LogP contribution in [-0.2, 0) is 14.9 Å². The van der Waals surface area contributed by atoms with Gasteiger partial charge in [0.2, 0.25) is 0 Å². The van der Waals surface area contributed by atoms with Gasteiger partial charge < -0.3 is 10.1 Å². The van der Waals surface area contributed by atoms with Crippen LogP contribution in [0.2, 0.25) is 0 Å². The lowest BCUT2D eigenvalue weighted by molar-refractivity contribution is 0.0695. The lowest BCUT2D eigenvalue weighted by atomic mass is 10.3. The van der Waals surface area contributed by atoms with E-state index in [1.165, 1.54) is 4.31 Å². The molecule has 0 aliphatic carbocycles. The molecule has 0 bridgehead atoms. The van der Waals surface area contributed by atoms with Crippen molar-refractivity contribution in [3.63, 3.8) is 0 Å². The molecule has 16 heavy (non-hydrogen) atoms. The highest BCUT2D eigenvalue weighted by atomic mass is 32.2. The van der Waals surface area contributed by atoms with E-state index in [-0.39, 0.29) is 6.04 Å². The summed E-state index contributed by atoms with van der Waals surface area (Å²) in [5, 5.41) is 3.24. The maximum atomic E-state index is 12.3. The molecule has 0 aromatic rings. The predicted octanol–water partition coefficient (Wildman–Crippen LogP) is -1.14. The summed E-state index contributed by atoms with van der Waals surface area (Å²) in [6.07, 6.45) is 0. The molecular weight excluding hydrogens is 230 g/mol. The van der Waals surface area contributed by atoms with Crippen molar-refractivity contribution in [3.05, 3.63) is 0 Å². The van der Waals surface area contributed by atoms with Gasteiger partial charge in [-0.2, -0.15) is 17.0 Å². The van der Waals surface area contributed by atoms with Gasteiger partial charge in [-0.1, -0.05) is 0 Å². The van der Waals surface area contributed by atoms with E-state index in [2.05, 4.69) is 5.32 Å². The predicted molar refractivity (Wildman–Crippen MR) is 60.3 cm³/mol. The first-order valence-corrected chi connectivity index (χ1v) is 7.07. The molecule has 2 fully saturated rings. The second-order valence-corrected chi connectivity index (χ2v) is 6.16. The van der Waals surface area contributed by atoms with Crippen LogP contribution in [-0.4, -0.2) is 69.0 Å². The Labute approximate surface area is 96.7 Å². The molecular formula is C9H19N3O3S. The first-order valence-electron chi connectivity index (χ1n) is 5.67. The van der Waals surface area contributed by atoms with E-state index in [0.29, 0.717) is 39.4 Å². The summed E-state index contributed by atoms with van der Waals surface area (Å²) in [7, 11) is -3.27. The zero-order chi connectivity index (χ0) is 11.6. The van der Waals surface area contributed by atoms with Crippen molar-refractivity contribution in [2.75, 3.05) is 45.9 Å². The summed E-state index contributed by atoms with van der Waals surface area (Å²) in [5.74, 6) is 0. The Hall–Kier alpha value is -0.210. The largest absolute Gasteiger partial charge is 0.379 e. The number of ether oxygens (including phenoxy) is 1. The third-order valence-corrected chi connectivity index (χ3v) is 4.96. The van der Waals surface area contributed by atoms with Crippen LogP contribution >= 0.6 is 0 Å². The van der Waals surface area contributed by atoms with Crippen LogP contribution in [0.5, 0.6) is 0 Å². The van der Waals surface area contributed by atoms with Gasteiger partial charge in [-0.25, -0.2) is 0 Å². The standard InChI is InChI=1S/C9H19N3O3S/c1-9-8-12(3-2-10-9)16(13,14)11-4-6-15-7-5-11/h9-10H,2-8H2,1H3/t9-/m1/s1. The van der Waals surface area contributed by atoms with Gasteiger partial charge in [-0.15, -0.1) is 0 Å². The van der Waals surface area contributed by atoms with E-state index in [0.717, 1.165) is 6.54 Å². The number of nitrogens with zero attached hydrogens (tertiary/aromatic N) is 2. The third-order valence-electron chi connectivity index (χ3n) is 2.95. The molecule has 0 unspecified atom stereocenters. The molecule has 2 saturated heterocycles. The van der Waals surface area contributed by atoms with Crippen molar-refractivity contribution in [1.29, 1.82) is 0 Å². The second kappa shape index (κ2) is 4.97. The molecule has 0 spiro atoms. The van der Waals surface area contributed by atoms with E-state index in [1.54, 1.807) is 4.31 Å². The van der Waals surface area contributed by atoms with Crippen LogP contribution < -0.4 is 5.32 Å². The van der Waals surface area contributed by atoms with Crippen molar-refractivity contribution in [1.82, 2.24) is 13.9 Å². The highest BCUT2D eigenvalue weighted by Crippen LogP contribution is 2.13. The fraction of sp³-hybridized carbons (Fsp3) is 1.00. The van der Waals surface area contributed by atoms with Crippen LogP contribution in [0.1, 0.15) is 6.92 Å². The maximum absolute atomic E-state index is 12.3. The molecule has 2 rings (SSSR count). The minimum Gasteiger partial charge on any atom is -0.379 e. The highest BCUT2D eigenvalue weighted by molar-refractivity contribution is 7.86. The highest BCUT2D eigenvalue weighted by Gasteiger charge is 2.33. The smallest absolute Gasteiger partial charge is 0.282 e. The Morgan fingerprint density at radius 1 is 1.19 bits per heavy atom. The van der Waals surface area contributed by atoms with Gasteiger partial charge in [0.1, 0.15) is 0 Å². The van der Waals surface area contributed by atoms with Crippen LogP contribution in [0, 0.1) is 0 Å². The number of rotatable bonds is 2. The van der Waals surface area contributed by atoms with Gasteiger partial charge in [-0.3, -0.25) is 0 Å². The molecule has 7 heteroatoms. The van der Waals surface area contributed by atoms with Crippen molar-refractivity contribution in [3.8, 4) is 0 Å². The average Bonchev–Trinajstić information content (AvgIpc) is 2.30. The number of nitrogens with one attached hydrogen (secondary N) is 1. The van der Waals surface area contributed by atoms with Crippen LogP contribution in [0.25, 0.3) is 0 Å². The molecule has 0 radical (unpaired) electrons. The molecule has 1 atom stereocenters. The molecule has 1 N–H and O–H groups in total. The van der Waals surface area contributed by atoms with Gasteiger partial charge in [0.05, 0.1) is 13.2 Å². The van der Waals surface area contributed by atoms with Crippen molar-refractivity contribution in [2.24, 2.45) is 0 Å². The van der Waals surface area contributed by atoms with Gasteiger partial charge in [-0.05, 0) is 6.92 Å². The quantitative estimate of drug-likeness (QED) is 0.672. The number of hydrogen-bond donors (Lipinski definition) is 1. The Kier molecular flexibility index (Phi) is 3.81. The first-order chi connectivity index (χ1) is 7.60. The zero-order valence-electron chi connectivity index (χ0n) is 9.55. The van der Waals surface area contributed by atoms with Crippen LogP contribution in [0.15, 0.2) is 0 Å². The van der Waals surface area contributed by atoms with E-state index >= 15 is 0 Å². The van der Waals surface area contributed by atoms with E-state index in [9.17, 15) is 8.42 Å². The van der Waals surface area contributed by atoms with Crippen LogP contribution in [0.3, 0.4) is 0 Å². The number of piperazine rings is 1. The van der Waals surface area contributed by atoms with Gasteiger partial charge in [0.25, 0.3) is 10.2 Å². The summed E-state index contributed by atoms with van der Waals surface area (Å²) in [5.41, 5.74) is 0. The fourth-order valence-electron chi connectivity index (χ4n) is 2.05. The topological polar surface area (TPSA) is 61.9 Å². The normalized spacial score (nSPS) is 30.4. The van der Waals surface area contributed by atoms with Gasteiger partial charge >= 0.3 is 0 Å². The molecule has 0 aromatic carbocycles. The van der Waals surface area contributed by atoms with Gasteiger partial charge in [0.15, 0.2) is 0 Å². The molecule has 6 nitrogen and oxygen atoms in total. The molecule has 0 amide bonds. The van der Waals surface area contributed by atoms with Crippen molar-refractivity contribution >= 4 is 10.2 Å². The first kappa shape index (κ1) is 12.3. The average molecular weight is 249 g/mol. The van der Waals surface area contributed by atoms with Gasteiger partial charge in [0, 0.05) is 38.8 Å². The summed E-state index contributed by atoms with van der Waals surface area (Å²) in [6.45, 7) is 5.79. The molecule has 2 heterocycles. The van der Waals surface area contributed by atoms with Crippen molar-refractivity contribution in [2.45, 2.75) is 13.0 Å². The van der Waals surface area contributed by atoms with Crippen LogP contribution in [0.4, 0.5) is 0 Å². The van der Waals surface area contributed by atoms with Crippen molar-refractivity contribution < 1.29 is 13.2 Å². The SMILES string of the molecule is C[C@@H]1CN(S(=O)(=O)N2CCOCC2)CCN1. The summed E-state index contributed by atoms with van der Waals surface area (Å²) in [6, 6.07) is 0.226. The van der Waals surface area contributed by atoms with E-state index in [4.69, 9.17) is 4.74 Å². The Balaban J connectivity index is 2.05. The minimum absolute atomic E-state index is 0.226. The molecule has 0 saturated carbocycles. The zero-order valence-corrected chi connectivity index (χ0v) is 10.4. The molecule has 2 aliphatic rings. The monoisotopic (exact) mass is 249 g/mol. The number of morpholine rings is 1. The summed E-state index contributed by atoms with van der Waals surface area (Å²) in [4.78, 5) is 0. The molecule has 94 valence electrons. The Bertz CT molecular complexity index is 327. The lowest BCUT2D eigenvalue weighted by Crippen LogP contribution is -2.56. The Morgan fingerprint density at radius 2 is 1.88 bits per heavy atom. The Morgan fingerprint density at radius 3 is 2.50 bits per heavy atom. The van der Waals surface area contributed by atoms with E-state index < -0.39 is 10.2 Å². The van der Waals surface area contributed by atoms with E-state index in [1.807, 2.05) is 6.92 Å². The molecule has 0 aromatic heterocycles. The number of hydrogen-bond acceptors (Lipinski definition) is 4. The summed E-state index contributed by atoms with van der Waals surface area (Å²) < 4.78 is 32.8. The molecule has 2 aliphatic heterocycles. The second-order valence-electron chi connectivity index (χ2n) is 4.23. The fourth-order valence-corrected chi connectivity index (χ4v) is 3.72. The lowest BCUT2D eigenvalue weighted by Gasteiger charge is -2.36. The maximum Gasteiger partial charge on any atom is 0.282 e. The minimum atomic E-state index is -3.27.